The van der Waals surface area contributed by atoms with Crippen molar-refractivity contribution in [3.05, 3.63) is 57.6 Å². The maximum Gasteiger partial charge on any atom is 0.317 e. The molecule has 0 aliphatic carbocycles. The Morgan fingerprint density at radius 3 is 2.50 bits per heavy atom. The summed E-state index contributed by atoms with van der Waals surface area (Å²) in [5.41, 5.74) is 2.44. The molecule has 0 bridgehead atoms. The van der Waals surface area contributed by atoms with Crippen LogP contribution in [0.25, 0.3) is 0 Å². The summed E-state index contributed by atoms with van der Waals surface area (Å²) in [6, 6.07) is 10.6. The number of aliphatic imine (C=N–C) groups is 2. The number of likely N-dealkylation sites (tertiary alicyclic amines) is 1. The third-order valence-electron chi connectivity index (χ3n) is 7.44. The lowest BCUT2D eigenvalue weighted by atomic mass is 9.88. The Kier molecular flexibility index (Phi) is 12.8. The molecular weight excluding hydrogens is 597 g/mol. The molecule has 2 aliphatic rings. The van der Waals surface area contributed by atoms with E-state index < -0.39 is 12.0 Å². The molecular formula is C31H39Cl2N3O5S. The summed E-state index contributed by atoms with van der Waals surface area (Å²) < 4.78 is 22.6. The maximum atomic E-state index is 13.7. The first kappa shape index (κ1) is 32.6. The molecule has 2 heterocycles. The highest BCUT2D eigenvalue weighted by Crippen LogP contribution is 2.36. The van der Waals surface area contributed by atoms with Crippen LogP contribution < -0.4 is 9.47 Å². The molecule has 0 radical (unpaired) electrons. The fraction of sp³-hybridized carbons (Fsp3) is 0.516. The van der Waals surface area contributed by atoms with Crippen LogP contribution in [-0.2, 0) is 20.7 Å². The minimum Gasteiger partial charge on any atom is -0.493 e. The molecule has 42 heavy (non-hydrogen) atoms. The van der Waals surface area contributed by atoms with Crippen molar-refractivity contribution in [2.45, 2.75) is 38.1 Å². The number of hydrogen-bond acceptors (Lipinski definition) is 9. The third kappa shape index (κ3) is 8.86. The number of halogens is 2. The minimum absolute atomic E-state index is 0.219. The second kappa shape index (κ2) is 16.5. The Morgan fingerprint density at radius 2 is 1.79 bits per heavy atom. The van der Waals surface area contributed by atoms with E-state index >= 15 is 0 Å². The van der Waals surface area contributed by atoms with E-state index in [1.807, 2.05) is 30.5 Å². The molecule has 228 valence electrons. The van der Waals surface area contributed by atoms with Gasteiger partial charge in [0.15, 0.2) is 16.7 Å². The van der Waals surface area contributed by atoms with E-state index in [0.717, 1.165) is 30.8 Å². The van der Waals surface area contributed by atoms with Crippen molar-refractivity contribution < 1.29 is 23.7 Å². The van der Waals surface area contributed by atoms with Crippen LogP contribution in [0, 0.1) is 5.92 Å². The number of thioether (sulfide) groups is 1. The molecule has 0 amide bonds. The van der Waals surface area contributed by atoms with Gasteiger partial charge in [-0.15, -0.1) is 0 Å². The molecule has 0 spiro atoms. The monoisotopic (exact) mass is 635 g/mol. The van der Waals surface area contributed by atoms with E-state index in [9.17, 15) is 4.79 Å². The average Bonchev–Trinajstić information content (AvgIpc) is 3.02. The first-order valence-electron chi connectivity index (χ1n) is 14.2. The van der Waals surface area contributed by atoms with Crippen molar-refractivity contribution in [2.75, 3.05) is 59.9 Å². The largest absolute Gasteiger partial charge is 0.493 e. The Hall–Kier alpha value is -2.30. The molecule has 11 heteroatoms. The highest BCUT2D eigenvalue weighted by molar-refractivity contribution is 8.13. The van der Waals surface area contributed by atoms with Crippen molar-refractivity contribution in [3.63, 3.8) is 0 Å². The zero-order valence-electron chi connectivity index (χ0n) is 24.4. The van der Waals surface area contributed by atoms with Crippen molar-refractivity contribution in [1.29, 1.82) is 0 Å². The number of piperidine rings is 1. The van der Waals surface area contributed by atoms with Gasteiger partial charge in [-0.05, 0) is 80.4 Å². The van der Waals surface area contributed by atoms with Gasteiger partial charge in [-0.2, -0.15) is 0 Å². The lowest BCUT2D eigenvalue weighted by molar-refractivity contribution is -0.147. The summed E-state index contributed by atoms with van der Waals surface area (Å²) >= 11 is 14.0. The standard InChI is InChI=1S/C31H39Cl2N3O5S/c1-38-26-12-9-21(18-27(26)39-2)8-7-16-41-30(37)28-25(20-40-17-15-36-13-5-4-6-14-36)34-31(42-3)35-29(28)22-10-11-23(32)24(33)19-22/h9-12,18-19,28-29H,4-8,13-17,20H2,1-3H3. The van der Waals surface area contributed by atoms with E-state index in [4.69, 9.17) is 52.1 Å². The molecule has 2 aromatic carbocycles. The minimum atomic E-state index is -0.741. The van der Waals surface area contributed by atoms with Crippen LogP contribution in [0.4, 0.5) is 0 Å². The zero-order chi connectivity index (χ0) is 29.9. The number of methoxy groups -OCH3 is 2. The van der Waals surface area contributed by atoms with Crippen molar-refractivity contribution in [2.24, 2.45) is 15.9 Å². The van der Waals surface area contributed by atoms with Gasteiger partial charge in [0.05, 0.1) is 55.8 Å². The van der Waals surface area contributed by atoms with E-state index in [-0.39, 0.29) is 19.2 Å². The van der Waals surface area contributed by atoms with Gasteiger partial charge in [-0.25, -0.2) is 4.99 Å². The average molecular weight is 637 g/mol. The van der Waals surface area contributed by atoms with Crippen LogP contribution in [0.15, 0.2) is 46.4 Å². The Labute approximate surface area is 262 Å². The summed E-state index contributed by atoms with van der Waals surface area (Å²) in [6.07, 6.45) is 7.01. The van der Waals surface area contributed by atoms with E-state index in [1.165, 1.54) is 31.0 Å². The molecule has 1 fully saturated rings. The topological polar surface area (TPSA) is 82.0 Å². The van der Waals surface area contributed by atoms with Crippen molar-refractivity contribution >= 4 is 51.8 Å². The molecule has 8 nitrogen and oxygen atoms in total. The van der Waals surface area contributed by atoms with Gasteiger partial charge in [-0.1, -0.05) is 53.5 Å². The number of rotatable bonds is 13. The zero-order valence-corrected chi connectivity index (χ0v) is 26.8. The second-order valence-electron chi connectivity index (χ2n) is 10.2. The number of hydrogen-bond donors (Lipinski definition) is 0. The number of aryl methyl sites for hydroxylation is 1. The van der Waals surface area contributed by atoms with E-state index in [0.29, 0.717) is 51.9 Å². The predicted octanol–water partition coefficient (Wildman–Crippen LogP) is 6.52. The normalized spacial score (nSPS) is 19.2. The second-order valence-corrected chi connectivity index (χ2v) is 11.8. The smallest absolute Gasteiger partial charge is 0.317 e. The highest BCUT2D eigenvalue weighted by atomic mass is 35.5. The van der Waals surface area contributed by atoms with Gasteiger partial charge in [0.1, 0.15) is 5.92 Å². The number of amidine groups is 1. The first-order chi connectivity index (χ1) is 20.4. The highest BCUT2D eigenvalue weighted by Gasteiger charge is 2.38. The third-order valence-corrected chi connectivity index (χ3v) is 8.74. The van der Waals surface area contributed by atoms with Crippen LogP contribution >= 0.6 is 35.0 Å². The van der Waals surface area contributed by atoms with Crippen LogP contribution in [0.2, 0.25) is 10.0 Å². The molecule has 2 aromatic rings. The summed E-state index contributed by atoms with van der Waals surface area (Å²) in [5.74, 6) is 0.214. The van der Waals surface area contributed by atoms with Gasteiger partial charge in [0.2, 0.25) is 0 Å². The van der Waals surface area contributed by atoms with Gasteiger partial charge in [-0.3, -0.25) is 9.79 Å². The molecule has 1 saturated heterocycles. The lowest BCUT2D eigenvalue weighted by Gasteiger charge is -2.29. The van der Waals surface area contributed by atoms with Crippen molar-refractivity contribution in [1.82, 2.24) is 4.90 Å². The van der Waals surface area contributed by atoms with Crippen LogP contribution in [0.5, 0.6) is 11.5 Å². The number of ether oxygens (including phenoxy) is 4. The van der Waals surface area contributed by atoms with Crippen molar-refractivity contribution in [3.8, 4) is 11.5 Å². The number of nitrogens with zero attached hydrogens (tertiary/aromatic N) is 3. The summed E-state index contributed by atoms with van der Waals surface area (Å²) in [4.78, 5) is 25.6. The van der Waals surface area contributed by atoms with Gasteiger partial charge >= 0.3 is 5.97 Å². The molecule has 0 saturated carbocycles. The van der Waals surface area contributed by atoms with Gasteiger partial charge in [0.25, 0.3) is 0 Å². The Bertz CT molecular complexity index is 1270. The summed E-state index contributed by atoms with van der Waals surface area (Å²) in [7, 11) is 3.22. The predicted molar refractivity (Wildman–Crippen MR) is 171 cm³/mol. The van der Waals surface area contributed by atoms with Gasteiger partial charge < -0.3 is 23.8 Å². The number of carbonyl (C=O) groups excluding carboxylic acids is 1. The number of carbonyl (C=O) groups is 1. The van der Waals surface area contributed by atoms with E-state index in [2.05, 4.69) is 4.90 Å². The number of esters is 1. The summed E-state index contributed by atoms with van der Waals surface area (Å²) in [5, 5.41) is 1.42. The Morgan fingerprint density at radius 1 is 1.00 bits per heavy atom. The molecule has 2 atom stereocenters. The fourth-order valence-electron chi connectivity index (χ4n) is 5.17. The SMILES string of the molecule is COc1ccc(CCCOC(=O)C2C(COCCN3CCCCC3)=NC(SC)=NC2c2ccc(Cl)c(Cl)c2)cc1OC. The maximum absolute atomic E-state index is 13.7. The molecule has 4 rings (SSSR count). The molecule has 2 aliphatic heterocycles. The quantitative estimate of drug-likeness (QED) is 0.183. The lowest BCUT2D eigenvalue weighted by Crippen LogP contribution is -2.38. The van der Waals surface area contributed by atoms with Crippen LogP contribution in [0.1, 0.15) is 42.9 Å². The van der Waals surface area contributed by atoms with Gasteiger partial charge in [0, 0.05) is 6.54 Å². The first-order valence-corrected chi connectivity index (χ1v) is 16.2. The van der Waals surface area contributed by atoms with E-state index in [1.54, 1.807) is 26.4 Å². The molecule has 2 unspecified atom stereocenters. The molecule has 0 N–H and O–H groups in total. The Balaban J connectivity index is 1.45. The number of benzene rings is 2. The fourth-order valence-corrected chi connectivity index (χ4v) is 5.91. The summed E-state index contributed by atoms with van der Waals surface area (Å²) in [6.45, 7) is 4.10. The molecule has 0 aromatic heterocycles. The van der Waals surface area contributed by atoms with Crippen LogP contribution in [-0.4, -0.2) is 81.7 Å². The van der Waals surface area contributed by atoms with Crippen LogP contribution in [0.3, 0.4) is 0 Å².